The van der Waals surface area contributed by atoms with Crippen molar-refractivity contribution in [3.05, 3.63) is 0 Å². The summed E-state index contributed by atoms with van der Waals surface area (Å²) in [4.78, 5) is 2.65. The largest absolute Gasteiger partial charge is 0.309 e. The van der Waals surface area contributed by atoms with Gasteiger partial charge in [0, 0.05) is 24.7 Å². The van der Waals surface area contributed by atoms with E-state index in [-0.39, 0.29) is 0 Å². The van der Waals surface area contributed by atoms with Gasteiger partial charge in [-0.2, -0.15) is 0 Å². The van der Waals surface area contributed by atoms with Crippen molar-refractivity contribution in [2.24, 2.45) is 5.92 Å². The lowest BCUT2D eigenvalue weighted by atomic mass is 9.98. The number of nitrogens with zero attached hydrogens (tertiary/aromatic N) is 1. The van der Waals surface area contributed by atoms with Crippen LogP contribution in [0.1, 0.15) is 53.9 Å². The summed E-state index contributed by atoms with van der Waals surface area (Å²) in [6.07, 6.45) is 4.12. The maximum absolute atomic E-state index is 3.61. The van der Waals surface area contributed by atoms with Gasteiger partial charge in [0.2, 0.25) is 0 Å². The monoisotopic (exact) mass is 226 g/mol. The van der Waals surface area contributed by atoms with Crippen LogP contribution in [0.4, 0.5) is 0 Å². The van der Waals surface area contributed by atoms with E-state index >= 15 is 0 Å². The van der Waals surface area contributed by atoms with Gasteiger partial charge >= 0.3 is 0 Å². The van der Waals surface area contributed by atoms with E-state index in [1.165, 1.54) is 32.4 Å². The molecule has 1 rings (SSSR count). The molecule has 1 unspecified atom stereocenters. The first-order valence-electron chi connectivity index (χ1n) is 6.90. The number of hydrogen-bond donors (Lipinski definition) is 1. The average Bonchev–Trinajstić information content (AvgIpc) is 2.17. The van der Waals surface area contributed by atoms with Gasteiger partial charge in [-0.1, -0.05) is 26.7 Å². The van der Waals surface area contributed by atoms with E-state index in [0.717, 1.165) is 12.5 Å². The van der Waals surface area contributed by atoms with Crippen molar-refractivity contribution in [2.75, 3.05) is 19.6 Å². The first-order chi connectivity index (χ1) is 7.41. The molecule has 0 aromatic rings. The summed E-state index contributed by atoms with van der Waals surface area (Å²) in [6, 6.07) is 0.701. The van der Waals surface area contributed by atoms with Crippen molar-refractivity contribution in [1.82, 2.24) is 10.2 Å². The first-order valence-corrected chi connectivity index (χ1v) is 6.90. The third kappa shape index (κ3) is 4.84. The molecule has 0 aliphatic carbocycles. The van der Waals surface area contributed by atoms with Crippen molar-refractivity contribution >= 4 is 0 Å². The van der Waals surface area contributed by atoms with Crippen molar-refractivity contribution in [3.63, 3.8) is 0 Å². The van der Waals surface area contributed by atoms with Crippen molar-refractivity contribution in [2.45, 2.75) is 65.5 Å². The lowest BCUT2D eigenvalue weighted by molar-refractivity contribution is 0.102. The van der Waals surface area contributed by atoms with Gasteiger partial charge in [-0.25, -0.2) is 0 Å². The minimum absolute atomic E-state index is 0.296. The van der Waals surface area contributed by atoms with Gasteiger partial charge in [-0.05, 0) is 39.7 Å². The Bertz CT molecular complexity index is 199. The fourth-order valence-corrected chi connectivity index (χ4v) is 2.44. The van der Waals surface area contributed by atoms with E-state index in [1.807, 2.05) is 0 Å². The molecule has 2 nitrogen and oxygen atoms in total. The molecule has 2 heteroatoms. The highest BCUT2D eigenvalue weighted by Gasteiger charge is 2.29. The average molecular weight is 226 g/mol. The molecule has 1 fully saturated rings. The Hall–Kier alpha value is -0.0800. The quantitative estimate of drug-likeness (QED) is 0.725. The SMILES string of the molecule is CC(C)CCCCN1CC(C)(C)NCC1C. The van der Waals surface area contributed by atoms with Crippen LogP contribution in [-0.4, -0.2) is 36.1 Å². The Morgan fingerprint density at radius 1 is 1.31 bits per heavy atom. The minimum Gasteiger partial charge on any atom is -0.309 e. The Morgan fingerprint density at radius 3 is 2.62 bits per heavy atom. The van der Waals surface area contributed by atoms with Crippen LogP contribution < -0.4 is 5.32 Å². The lowest BCUT2D eigenvalue weighted by Crippen LogP contribution is -2.60. The van der Waals surface area contributed by atoms with Gasteiger partial charge in [0.05, 0.1) is 0 Å². The zero-order valence-corrected chi connectivity index (χ0v) is 11.8. The zero-order valence-electron chi connectivity index (χ0n) is 11.8. The number of nitrogens with one attached hydrogen (secondary N) is 1. The third-order valence-corrected chi connectivity index (χ3v) is 3.57. The summed E-state index contributed by atoms with van der Waals surface area (Å²) < 4.78 is 0. The Morgan fingerprint density at radius 2 is 2.00 bits per heavy atom. The molecule has 16 heavy (non-hydrogen) atoms. The summed E-state index contributed by atoms with van der Waals surface area (Å²) in [5.74, 6) is 0.858. The second-order valence-corrected chi connectivity index (χ2v) is 6.47. The van der Waals surface area contributed by atoms with E-state index in [0.29, 0.717) is 11.6 Å². The maximum atomic E-state index is 3.61. The van der Waals surface area contributed by atoms with Gasteiger partial charge in [-0.15, -0.1) is 0 Å². The van der Waals surface area contributed by atoms with Crippen LogP contribution in [-0.2, 0) is 0 Å². The molecule has 1 saturated heterocycles. The molecule has 1 N–H and O–H groups in total. The van der Waals surface area contributed by atoms with Crippen LogP contribution in [0.2, 0.25) is 0 Å². The smallest absolute Gasteiger partial charge is 0.0252 e. The normalized spacial score (nSPS) is 26.2. The molecule has 1 aliphatic rings. The summed E-state index contributed by atoms with van der Waals surface area (Å²) in [5.41, 5.74) is 0.296. The van der Waals surface area contributed by atoms with Crippen LogP contribution in [0.3, 0.4) is 0 Å². The number of piperazine rings is 1. The van der Waals surface area contributed by atoms with Crippen LogP contribution in [0.5, 0.6) is 0 Å². The predicted molar refractivity (Wildman–Crippen MR) is 71.8 cm³/mol. The molecule has 0 saturated carbocycles. The molecular formula is C14H30N2. The van der Waals surface area contributed by atoms with E-state index in [4.69, 9.17) is 0 Å². The van der Waals surface area contributed by atoms with Gasteiger partial charge in [0.25, 0.3) is 0 Å². The van der Waals surface area contributed by atoms with E-state index in [2.05, 4.69) is 44.8 Å². The molecule has 1 heterocycles. The highest BCUT2D eigenvalue weighted by atomic mass is 15.2. The predicted octanol–water partition coefficient (Wildman–Crippen LogP) is 2.89. The van der Waals surface area contributed by atoms with Crippen molar-refractivity contribution in [3.8, 4) is 0 Å². The molecule has 0 amide bonds. The van der Waals surface area contributed by atoms with Gasteiger partial charge in [0.15, 0.2) is 0 Å². The summed E-state index contributed by atoms with van der Waals surface area (Å²) in [5, 5.41) is 3.61. The summed E-state index contributed by atoms with van der Waals surface area (Å²) >= 11 is 0. The number of rotatable bonds is 5. The van der Waals surface area contributed by atoms with E-state index in [9.17, 15) is 0 Å². The molecule has 0 radical (unpaired) electrons. The number of unbranched alkanes of at least 4 members (excludes halogenated alkanes) is 1. The number of hydrogen-bond acceptors (Lipinski definition) is 2. The second kappa shape index (κ2) is 6.02. The third-order valence-electron chi connectivity index (χ3n) is 3.57. The van der Waals surface area contributed by atoms with Gasteiger partial charge in [0.1, 0.15) is 0 Å². The Balaban J connectivity index is 2.24. The van der Waals surface area contributed by atoms with E-state index < -0.39 is 0 Å². The summed E-state index contributed by atoms with van der Waals surface area (Å²) in [6.45, 7) is 15.2. The standard InChI is InChI=1S/C14H30N2/c1-12(2)8-6-7-9-16-11-14(4,5)15-10-13(16)3/h12-13,15H,6-11H2,1-5H3. The van der Waals surface area contributed by atoms with Gasteiger partial charge < -0.3 is 5.32 Å². The fourth-order valence-electron chi connectivity index (χ4n) is 2.44. The highest BCUT2D eigenvalue weighted by molar-refractivity contribution is 4.90. The van der Waals surface area contributed by atoms with Crippen LogP contribution >= 0.6 is 0 Å². The van der Waals surface area contributed by atoms with Crippen LogP contribution in [0.15, 0.2) is 0 Å². The molecule has 0 aromatic carbocycles. The van der Waals surface area contributed by atoms with Crippen LogP contribution in [0.25, 0.3) is 0 Å². The van der Waals surface area contributed by atoms with Gasteiger partial charge in [-0.3, -0.25) is 4.90 Å². The summed E-state index contributed by atoms with van der Waals surface area (Å²) in [7, 11) is 0. The highest BCUT2D eigenvalue weighted by Crippen LogP contribution is 2.16. The molecule has 1 atom stereocenters. The first kappa shape index (κ1) is 14.0. The van der Waals surface area contributed by atoms with E-state index in [1.54, 1.807) is 0 Å². The minimum atomic E-state index is 0.296. The molecule has 0 bridgehead atoms. The van der Waals surface area contributed by atoms with Crippen molar-refractivity contribution < 1.29 is 0 Å². The Kier molecular flexibility index (Phi) is 5.26. The maximum Gasteiger partial charge on any atom is 0.0252 e. The molecule has 0 aromatic heterocycles. The topological polar surface area (TPSA) is 15.3 Å². The Labute approximate surface area is 102 Å². The fraction of sp³-hybridized carbons (Fsp3) is 1.00. The molecule has 0 spiro atoms. The van der Waals surface area contributed by atoms with Crippen LogP contribution in [0, 0.1) is 5.92 Å². The molecule has 96 valence electrons. The zero-order chi connectivity index (χ0) is 12.2. The van der Waals surface area contributed by atoms with Crippen molar-refractivity contribution in [1.29, 1.82) is 0 Å². The molecule has 1 aliphatic heterocycles. The second-order valence-electron chi connectivity index (χ2n) is 6.47. The molecular weight excluding hydrogens is 196 g/mol. The lowest BCUT2D eigenvalue weighted by Gasteiger charge is -2.43.